The van der Waals surface area contributed by atoms with Crippen LogP contribution in [0.5, 0.6) is 0 Å². The minimum atomic E-state index is -0.578. The number of thiophene rings is 1. The maximum Gasteiger partial charge on any atom is 0.417 e. The van der Waals surface area contributed by atoms with Crippen molar-refractivity contribution in [1.82, 2.24) is 14.5 Å². The third-order valence-electron chi connectivity index (χ3n) is 4.47. The van der Waals surface area contributed by atoms with Crippen molar-refractivity contribution >= 4 is 81.4 Å². The second-order valence-electron chi connectivity index (χ2n) is 6.62. The molecule has 1 aliphatic heterocycles. The topological polar surface area (TPSA) is 65.4 Å². The molecule has 0 radical (unpaired) electrons. The summed E-state index contributed by atoms with van der Waals surface area (Å²) in [4.78, 5) is 12.0. The summed E-state index contributed by atoms with van der Waals surface area (Å²) < 4.78 is 16.6. The van der Waals surface area contributed by atoms with Crippen molar-refractivity contribution in [3.05, 3.63) is 72.8 Å². The van der Waals surface area contributed by atoms with Crippen molar-refractivity contribution < 1.29 is 14.3 Å². The van der Waals surface area contributed by atoms with Gasteiger partial charge >= 0.3 is 6.09 Å². The minimum absolute atomic E-state index is 0.0728. The highest BCUT2D eigenvalue weighted by Crippen LogP contribution is 2.36. The predicted octanol–water partition coefficient (Wildman–Crippen LogP) is 6.95. The highest BCUT2D eigenvalue weighted by Gasteiger charge is 2.21. The first-order valence-corrected chi connectivity index (χ1v) is 12.4. The number of nitrogens with one attached hydrogen (secondary N) is 1. The molecule has 1 aromatic carbocycles. The van der Waals surface area contributed by atoms with Crippen LogP contribution in [0.4, 0.5) is 4.79 Å². The maximum absolute atomic E-state index is 12.0. The van der Waals surface area contributed by atoms with Crippen LogP contribution >= 0.6 is 69.7 Å². The Labute approximate surface area is 212 Å². The van der Waals surface area contributed by atoms with Gasteiger partial charge in [-0.25, -0.2) is 4.79 Å². The average Bonchev–Trinajstić information content (AvgIpc) is 3.32. The van der Waals surface area contributed by atoms with Crippen LogP contribution in [0, 0.1) is 0 Å². The Morgan fingerprint density at radius 2 is 2.09 bits per heavy atom. The van der Waals surface area contributed by atoms with Gasteiger partial charge in [0.05, 0.1) is 40.9 Å². The van der Waals surface area contributed by atoms with E-state index < -0.39 is 6.09 Å². The van der Waals surface area contributed by atoms with Crippen LogP contribution in [-0.4, -0.2) is 29.1 Å². The molecular weight excluding hydrogens is 536 g/mol. The summed E-state index contributed by atoms with van der Waals surface area (Å²) >= 11 is 26.5. The van der Waals surface area contributed by atoms with E-state index in [4.69, 9.17) is 55.9 Å². The van der Waals surface area contributed by atoms with E-state index in [9.17, 15) is 4.79 Å². The van der Waals surface area contributed by atoms with Crippen molar-refractivity contribution in [3.8, 4) is 0 Å². The van der Waals surface area contributed by atoms with Crippen LogP contribution in [0.25, 0.3) is 5.57 Å². The Kier molecular flexibility index (Phi) is 7.94. The van der Waals surface area contributed by atoms with Gasteiger partial charge in [0.2, 0.25) is 0 Å². The van der Waals surface area contributed by atoms with Crippen molar-refractivity contribution in [2.45, 2.75) is 17.4 Å². The molecule has 168 valence electrons. The van der Waals surface area contributed by atoms with E-state index >= 15 is 0 Å². The number of carbonyl (C=O) groups excluding carboxylic acids is 1. The number of amides is 1. The van der Waals surface area contributed by atoms with Crippen molar-refractivity contribution in [3.63, 3.8) is 0 Å². The lowest BCUT2D eigenvalue weighted by Crippen LogP contribution is -2.18. The summed E-state index contributed by atoms with van der Waals surface area (Å²) in [5.74, 6) is 0. The summed E-state index contributed by atoms with van der Waals surface area (Å²) in [7, 11) is 0. The lowest BCUT2D eigenvalue weighted by Gasteiger charge is -2.19. The summed E-state index contributed by atoms with van der Waals surface area (Å²) in [6.45, 7) is 1.40. The molecule has 0 saturated heterocycles. The van der Waals surface area contributed by atoms with Gasteiger partial charge in [-0.3, -0.25) is 9.40 Å². The van der Waals surface area contributed by atoms with Gasteiger partial charge in [-0.05, 0) is 29.8 Å². The molecular formula is C20H15Cl4N3O3S2. The molecule has 32 heavy (non-hydrogen) atoms. The largest absolute Gasteiger partial charge is 0.445 e. The van der Waals surface area contributed by atoms with E-state index in [1.165, 1.54) is 11.3 Å². The zero-order chi connectivity index (χ0) is 22.7. The van der Waals surface area contributed by atoms with E-state index in [0.717, 1.165) is 38.6 Å². The number of nitrogens with zero attached hydrogens (tertiary/aromatic N) is 2. The average molecular weight is 551 g/mol. The van der Waals surface area contributed by atoms with Crippen LogP contribution in [0.3, 0.4) is 0 Å². The first kappa shape index (κ1) is 23.8. The minimum Gasteiger partial charge on any atom is -0.445 e. The standard InChI is InChI=1S/C20H15Cl4N3O3S2/c21-14-2-1-11(15(22)5-14)8-27-18-12(9-29-10-13(18)7-25-27)3-4-30-20(28)26-32-17-6-16(23)19(24)31-17/h1-3,5-7H,4,8-10H2,(H,26,28)/b12-3+. The molecule has 0 aliphatic carbocycles. The predicted molar refractivity (Wildman–Crippen MR) is 130 cm³/mol. The number of aromatic nitrogens is 2. The van der Waals surface area contributed by atoms with Crippen LogP contribution in [0.1, 0.15) is 16.8 Å². The Morgan fingerprint density at radius 3 is 2.84 bits per heavy atom. The molecule has 4 rings (SSSR count). The molecule has 0 saturated carbocycles. The van der Waals surface area contributed by atoms with E-state index in [-0.39, 0.29) is 6.61 Å². The number of hydrogen-bond donors (Lipinski definition) is 1. The molecule has 1 amide bonds. The molecule has 3 heterocycles. The molecule has 1 N–H and O–H groups in total. The van der Waals surface area contributed by atoms with Gasteiger partial charge in [-0.15, -0.1) is 11.3 Å². The lowest BCUT2D eigenvalue weighted by molar-refractivity contribution is 0.144. The van der Waals surface area contributed by atoms with Crippen LogP contribution < -0.4 is 4.72 Å². The highest BCUT2D eigenvalue weighted by atomic mass is 35.5. The second-order valence-corrected chi connectivity index (χ2v) is 10.6. The van der Waals surface area contributed by atoms with Crippen LogP contribution in [-0.2, 0) is 22.6 Å². The normalized spacial score (nSPS) is 14.4. The zero-order valence-electron chi connectivity index (χ0n) is 16.2. The van der Waals surface area contributed by atoms with Crippen LogP contribution in [0.15, 0.2) is 40.7 Å². The Bertz CT molecular complexity index is 1160. The molecule has 0 atom stereocenters. The molecule has 1 aliphatic rings. The number of hydrogen-bond acceptors (Lipinski definition) is 6. The lowest BCUT2D eigenvalue weighted by atomic mass is 10.1. The number of halogens is 4. The Morgan fingerprint density at radius 1 is 1.25 bits per heavy atom. The smallest absolute Gasteiger partial charge is 0.417 e. The van der Waals surface area contributed by atoms with E-state index in [0.29, 0.717) is 39.2 Å². The van der Waals surface area contributed by atoms with Crippen molar-refractivity contribution in [1.29, 1.82) is 0 Å². The highest BCUT2D eigenvalue weighted by molar-refractivity contribution is 7.99. The van der Waals surface area contributed by atoms with Crippen molar-refractivity contribution in [2.75, 3.05) is 13.2 Å². The first-order chi connectivity index (χ1) is 15.4. The third kappa shape index (κ3) is 5.75. The number of carbonyl (C=O) groups is 1. The molecule has 0 unspecified atom stereocenters. The number of fused-ring (bicyclic) bond motifs is 1. The molecule has 6 nitrogen and oxygen atoms in total. The summed E-state index contributed by atoms with van der Waals surface area (Å²) in [6, 6.07) is 7.05. The van der Waals surface area contributed by atoms with Gasteiger partial charge in [0.1, 0.15) is 10.9 Å². The number of ether oxygens (including phenoxy) is 2. The number of benzene rings is 1. The molecule has 2 aromatic heterocycles. The monoisotopic (exact) mass is 549 g/mol. The first-order valence-electron chi connectivity index (χ1n) is 9.21. The van der Waals surface area contributed by atoms with E-state index in [1.54, 1.807) is 24.4 Å². The van der Waals surface area contributed by atoms with Gasteiger partial charge < -0.3 is 9.47 Å². The fourth-order valence-corrected chi connectivity index (χ4v) is 5.78. The SMILES string of the molecule is O=C(NSc1cc(Cl)c(Cl)s1)OC/C=C1\COCc2cnn(Cc3ccc(Cl)cc3Cl)c21. The van der Waals surface area contributed by atoms with Gasteiger partial charge in [0.15, 0.2) is 0 Å². The van der Waals surface area contributed by atoms with Gasteiger partial charge in [0.25, 0.3) is 0 Å². The van der Waals surface area contributed by atoms with E-state index in [1.807, 2.05) is 16.8 Å². The quantitative estimate of drug-likeness (QED) is 0.336. The fraction of sp³-hybridized carbons (Fsp3) is 0.200. The van der Waals surface area contributed by atoms with Gasteiger partial charge in [-0.1, -0.05) is 52.5 Å². The summed E-state index contributed by atoms with van der Waals surface area (Å²) in [5, 5.41) is 6.08. The molecule has 0 bridgehead atoms. The Hall–Kier alpha value is -1.39. The van der Waals surface area contributed by atoms with E-state index in [2.05, 4.69) is 9.82 Å². The van der Waals surface area contributed by atoms with Gasteiger partial charge in [0, 0.05) is 33.1 Å². The fourth-order valence-electron chi connectivity index (χ4n) is 3.04. The number of rotatable bonds is 6. The molecule has 3 aromatic rings. The van der Waals surface area contributed by atoms with Crippen molar-refractivity contribution in [2.24, 2.45) is 0 Å². The zero-order valence-corrected chi connectivity index (χ0v) is 20.9. The van der Waals surface area contributed by atoms with Gasteiger partial charge in [-0.2, -0.15) is 5.10 Å². The second kappa shape index (κ2) is 10.7. The molecule has 12 heteroatoms. The molecule has 0 fully saturated rings. The third-order valence-corrected chi connectivity index (χ3v) is 7.81. The summed E-state index contributed by atoms with van der Waals surface area (Å²) in [6.07, 6.45) is 3.00. The Balaban J connectivity index is 1.40. The maximum atomic E-state index is 12.0. The summed E-state index contributed by atoms with van der Waals surface area (Å²) in [5.41, 5.74) is 3.67. The van der Waals surface area contributed by atoms with Crippen LogP contribution in [0.2, 0.25) is 19.4 Å². The molecule has 0 spiro atoms.